The molecule has 1 unspecified atom stereocenters. The van der Waals surface area contributed by atoms with Gasteiger partial charge in [0, 0.05) is 39.8 Å². The lowest BCUT2D eigenvalue weighted by Crippen LogP contribution is -2.31. The number of rotatable bonds is 4. The van der Waals surface area contributed by atoms with E-state index in [1.54, 1.807) is 30.5 Å². The Bertz CT molecular complexity index is 852. The largest absolute Gasteiger partial charge is 0.387 e. The van der Waals surface area contributed by atoms with Gasteiger partial charge in [-0.25, -0.2) is 4.98 Å². The number of hydrogen-bond donors (Lipinski definition) is 1. The Morgan fingerprint density at radius 2 is 2.12 bits per heavy atom. The van der Waals surface area contributed by atoms with E-state index in [-0.39, 0.29) is 17.3 Å². The number of aromatic nitrogens is 1. The standard InChI is InChI=1S/C18H15Cl2N3OS/c19-13-5-3-11(4-6-13)17(24)15(9-21)16-12(2-1-7-22-16)8-14-10-23-18(20)25-14/h3-6,10,12,22H,1-2,7-8H2/b16-15+. The molecule has 1 aromatic heterocycles. The number of halogens is 2. The number of ketones is 1. The maximum absolute atomic E-state index is 12.8. The summed E-state index contributed by atoms with van der Waals surface area (Å²) in [4.78, 5) is 17.9. The molecule has 0 aliphatic carbocycles. The summed E-state index contributed by atoms with van der Waals surface area (Å²) >= 11 is 13.2. The highest BCUT2D eigenvalue weighted by Gasteiger charge is 2.27. The highest BCUT2D eigenvalue weighted by atomic mass is 35.5. The van der Waals surface area contributed by atoms with Crippen molar-refractivity contribution in [3.63, 3.8) is 0 Å². The van der Waals surface area contributed by atoms with Crippen LogP contribution in [-0.2, 0) is 6.42 Å². The topological polar surface area (TPSA) is 65.8 Å². The maximum Gasteiger partial charge on any atom is 0.205 e. The lowest BCUT2D eigenvalue weighted by molar-refractivity contribution is 0.103. The zero-order valence-corrected chi connectivity index (χ0v) is 15.6. The van der Waals surface area contributed by atoms with Crippen LogP contribution in [0.3, 0.4) is 0 Å². The Labute approximate surface area is 160 Å². The van der Waals surface area contributed by atoms with Crippen molar-refractivity contribution in [2.45, 2.75) is 19.3 Å². The molecule has 0 spiro atoms. The Morgan fingerprint density at radius 3 is 2.76 bits per heavy atom. The van der Waals surface area contributed by atoms with Crippen LogP contribution in [0, 0.1) is 17.2 Å². The van der Waals surface area contributed by atoms with Crippen molar-refractivity contribution in [1.82, 2.24) is 10.3 Å². The van der Waals surface area contributed by atoms with Gasteiger partial charge in [0.2, 0.25) is 5.78 Å². The molecule has 1 saturated heterocycles. The molecule has 25 heavy (non-hydrogen) atoms. The van der Waals surface area contributed by atoms with Gasteiger partial charge in [0.15, 0.2) is 4.47 Å². The van der Waals surface area contributed by atoms with E-state index in [1.807, 2.05) is 0 Å². The van der Waals surface area contributed by atoms with Gasteiger partial charge in [-0.15, -0.1) is 11.3 Å². The summed E-state index contributed by atoms with van der Waals surface area (Å²) in [5.74, 6) is -0.202. The van der Waals surface area contributed by atoms with Gasteiger partial charge in [-0.1, -0.05) is 23.2 Å². The lowest BCUT2D eigenvalue weighted by Gasteiger charge is -2.27. The minimum Gasteiger partial charge on any atom is -0.387 e. The first kappa shape index (κ1) is 17.9. The summed E-state index contributed by atoms with van der Waals surface area (Å²) in [5, 5.41) is 13.5. The smallest absolute Gasteiger partial charge is 0.205 e. The molecule has 0 bridgehead atoms. The molecular weight excluding hydrogens is 377 g/mol. The van der Waals surface area contributed by atoms with Crippen LogP contribution in [-0.4, -0.2) is 17.3 Å². The van der Waals surface area contributed by atoms with E-state index < -0.39 is 0 Å². The summed E-state index contributed by atoms with van der Waals surface area (Å²) in [5.41, 5.74) is 1.35. The van der Waals surface area contributed by atoms with E-state index >= 15 is 0 Å². The van der Waals surface area contributed by atoms with Gasteiger partial charge in [0.05, 0.1) is 0 Å². The van der Waals surface area contributed by atoms with Gasteiger partial charge in [0.25, 0.3) is 0 Å². The number of thiazole rings is 1. The molecule has 3 rings (SSSR count). The Hall–Kier alpha value is -1.87. The number of allylic oxidation sites excluding steroid dienone is 2. The highest BCUT2D eigenvalue weighted by Crippen LogP contribution is 2.30. The van der Waals surface area contributed by atoms with Crippen LogP contribution in [0.5, 0.6) is 0 Å². The van der Waals surface area contributed by atoms with Crippen LogP contribution >= 0.6 is 34.5 Å². The van der Waals surface area contributed by atoms with Gasteiger partial charge in [-0.3, -0.25) is 4.79 Å². The van der Waals surface area contributed by atoms with Crippen molar-refractivity contribution in [2.75, 3.05) is 6.54 Å². The van der Waals surface area contributed by atoms with Gasteiger partial charge in [-0.2, -0.15) is 5.26 Å². The number of nitriles is 1. The van der Waals surface area contributed by atoms with Crippen LogP contribution < -0.4 is 5.32 Å². The van der Waals surface area contributed by atoms with Gasteiger partial charge < -0.3 is 5.32 Å². The Morgan fingerprint density at radius 1 is 1.36 bits per heavy atom. The molecular formula is C18H15Cl2N3OS. The first-order chi connectivity index (χ1) is 12.1. The van der Waals surface area contributed by atoms with Crippen LogP contribution in [0.15, 0.2) is 41.7 Å². The molecule has 0 radical (unpaired) electrons. The van der Waals surface area contributed by atoms with E-state index in [1.165, 1.54) is 11.3 Å². The number of nitrogens with zero attached hydrogens (tertiary/aromatic N) is 2. The highest BCUT2D eigenvalue weighted by molar-refractivity contribution is 7.15. The summed E-state index contributed by atoms with van der Waals surface area (Å²) in [7, 11) is 0. The average Bonchev–Trinajstić information content (AvgIpc) is 3.02. The van der Waals surface area contributed by atoms with Gasteiger partial charge >= 0.3 is 0 Å². The second-order valence-electron chi connectivity index (χ2n) is 5.79. The summed E-state index contributed by atoms with van der Waals surface area (Å²) in [6, 6.07) is 8.69. The molecule has 1 aromatic carbocycles. The van der Waals surface area contributed by atoms with Crippen molar-refractivity contribution in [1.29, 1.82) is 5.26 Å². The Kier molecular flexibility index (Phi) is 5.74. The van der Waals surface area contributed by atoms with Crippen LogP contribution in [0.1, 0.15) is 28.1 Å². The molecule has 2 aromatic rings. The fourth-order valence-corrected chi connectivity index (χ4v) is 4.14. The fraction of sp³-hybridized carbons (Fsp3) is 0.278. The molecule has 0 amide bonds. The first-order valence-corrected chi connectivity index (χ1v) is 9.44. The van der Waals surface area contributed by atoms with Crippen molar-refractivity contribution in [2.24, 2.45) is 5.92 Å². The predicted molar refractivity (Wildman–Crippen MR) is 100.0 cm³/mol. The number of hydrogen-bond acceptors (Lipinski definition) is 5. The van der Waals surface area contributed by atoms with Crippen molar-refractivity contribution < 1.29 is 4.79 Å². The molecule has 1 aliphatic rings. The van der Waals surface area contributed by atoms with E-state index in [9.17, 15) is 10.1 Å². The fourth-order valence-electron chi connectivity index (χ4n) is 2.96. The molecule has 4 nitrogen and oxygen atoms in total. The van der Waals surface area contributed by atoms with Gasteiger partial charge in [-0.05, 0) is 43.5 Å². The predicted octanol–water partition coefficient (Wildman–Crippen LogP) is 4.65. The van der Waals surface area contributed by atoms with Crippen LogP contribution in [0.2, 0.25) is 9.49 Å². The van der Waals surface area contributed by atoms with Crippen LogP contribution in [0.4, 0.5) is 0 Å². The molecule has 1 fully saturated rings. The molecule has 7 heteroatoms. The molecule has 1 atom stereocenters. The zero-order valence-electron chi connectivity index (χ0n) is 13.3. The SMILES string of the molecule is N#C/C(C(=O)c1ccc(Cl)cc1)=C1\NCCCC1Cc1cnc(Cl)s1. The number of carbonyl (C=O) groups excluding carboxylic acids is 1. The molecule has 1 N–H and O–H groups in total. The third-order valence-electron chi connectivity index (χ3n) is 4.14. The molecule has 1 aliphatic heterocycles. The second-order valence-corrected chi connectivity index (χ2v) is 7.92. The quantitative estimate of drug-likeness (QED) is 0.467. The van der Waals surface area contributed by atoms with E-state index in [2.05, 4.69) is 16.4 Å². The molecule has 128 valence electrons. The second kappa shape index (κ2) is 8.01. The normalized spacial score (nSPS) is 19.0. The lowest BCUT2D eigenvalue weighted by atomic mass is 9.87. The summed E-state index contributed by atoms with van der Waals surface area (Å²) in [6.07, 6.45) is 4.38. The zero-order chi connectivity index (χ0) is 17.8. The number of piperidine rings is 1. The van der Waals surface area contributed by atoms with Crippen molar-refractivity contribution in [3.05, 3.63) is 61.7 Å². The summed E-state index contributed by atoms with van der Waals surface area (Å²) < 4.78 is 0.502. The third-order valence-corrected chi connectivity index (χ3v) is 5.53. The number of carbonyl (C=O) groups is 1. The number of nitrogens with one attached hydrogen (secondary N) is 1. The number of benzene rings is 1. The first-order valence-electron chi connectivity index (χ1n) is 7.87. The minimum absolute atomic E-state index is 0.0798. The molecule has 2 heterocycles. The van der Waals surface area contributed by atoms with E-state index in [0.29, 0.717) is 21.5 Å². The minimum atomic E-state index is -0.282. The van der Waals surface area contributed by atoms with Crippen molar-refractivity contribution in [3.8, 4) is 6.07 Å². The Balaban J connectivity index is 1.92. The van der Waals surface area contributed by atoms with E-state index in [0.717, 1.165) is 30.0 Å². The van der Waals surface area contributed by atoms with Crippen molar-refractivity contribution >= 4 is 40.3 Å². The monoisotopic (exact) mass is 391 g/mol. The average molecular weight is 392 g/mol. The maximum atomic E-state index is 12.8. The number of Topliss-reactive ketones (excluding diaryl/α,β-unsaturated/α-hetero) is 1. The van der Waals surface area contributed by atoms with Gasteiger partial charge in [0.1, 0.15) is 11.6 Å². The van der Waals surface area contributed by atoms with E-state index in [4.69, 9.17) is 23.2 Å². The third kappa shape index (κ3) is 4.21. The van der Waals surface area contributed by atoms with Crippen LogP contribution in [0.25, 0.3) is 0 Å². The summed E-state index contributed by atoms with van der Waals surface area (Å²) in [6.45, 7) is 0.758. The molecule has 0 saturated carbocycles.